The summed E-state index contributed by atoms with van der Waals surface area (Å²) in [4.78, 5) is 0. The molecule has 1 aromatic carbocycles. The molecule has 0 saturated heterocycles. The molecule has 0 spiro atoms. The van der Waals surface area contributed by atoms with Crippen LogP contribution in [-0.2, 0) is 0 Å². The first-order valence-electron chi connectivity index (χ1n) is 6.19. The van der Waals surface area contributed by atoms with Crippen molar-refractivity contribution in [3.63, 3.8) is 0 Å². The van der Waals surface area contributed by atoms with Crippen molar-refractivity contribution in [1.29, 1.82) is 0 Å². The zero-order valence-corrected chi connectivity index (χ0v) is 12.8. The summed E-state index contributed by atoms with van der Waals surface area (Å²) in [7, 11) is -2.17. The van der Waals surface area contributed by atoms with Gasteiger partial charge in [-0.15, -0.1) is 0 Å². The molecule has 0 aromatic heterocycles. The molecule has 1 aromatic rings. The van der Waals surface area contributed by atoms with Gasteiger partial charge in [-0.1, -0.05) is 30.9 Å². The van der Waals surface area contributed by atoms with Crippen LogP contribution >= 0.6 is 0 Å². The smallest absolute Gasteiger partial charge is 0.402 e. The third-order valence-electron chi connectivity index (χ3n) is 2.62. The lowest BCUT2D eigenvalue weighted by Crippen LogP contribution is -2.44. The van der Waals surface area contributed by atoms with Crippen LogP contribution in [-0.4, -0.2) is 43.8 Å². The maximum Gasteiger partial charge on any atom is 0.631 e. The van der Waals surface area contributed by atoms with E-state index in [0.717, 1.165) is 0 Å². The summed E-state index contributed by atoms with van der Waals surface area (Å²) < 4.78 is 12.5. The highest BCUT2D eigenvalue weighted by Crippen LogP contribution is 2.19. The lowest BCUT2D eigenvalue weighted by atomic mass is 9.90. The molecule has 120 valence electrons. The Bertz CT molecular complexity index is 396. The second-order valence-corrected chi connectivity index (χ2v) is 5.19. The molecule has 1 rings (SSSR count). The van der Waals surface area contributed by atoms with Gasteiger partial charge in [-0.3, -0.25) is 0 Å². The van der Waals surface area contributed by atoms with E-state index >= 15 is 0 Å². The van der Waals surface area contributed by atoms with Crippen molar-refractivity contribution >= 4 is 13.4 Å². The molecule has 0 heterocycles. The van der Waals surface area contributed by atoms with E-state index in [1.807, 2.05) is 0 Å². The number of benzene rings is 1. The Kier molecular flexibility index (Phi) is 10.1. The predicted molar refractivity (Wildman–Crippen MR) is 81.5 cm³/mol. The fourth-order valence-electron chi connectivity index (χ4n) is 0.641. The normalized spacial score (nSPS) is 10.6. The fraction of sp³-hybridized carbons (Fsp3) is 0.429. The molecule has 0 aliphatic rings. The van der Waals surface area contributed by atoms with Gasteiger partial charge in [0.2, 0.25) is 0 Å². The van der Waals surface area contributed by atoms with Gasteiger partial charge in [-0.05, 0) is 33.8 Å². The average molecular weight is 302 g/mol. The van der Waals surface area contributed by atoms with Crippen molar-refractivity contribution in [2.45, 2.75) is 38.9 Å². The summed E-state index contributed by atoms with van der Waals surface area (Å²) in [6, 6.07) is 6.53. The van der Waals surface area contributed by atoms with Gasteiger partial charge in [-0.25, -0.2) is 4.39 Å². The molecule has 0 saturated carbocycles. The zero-order chi connectivity index (χ0) is 17.3. The molecule has 0 aliphatic carbocycles. The Morgan fingerprint density at radius 3 is 1.52 bits per heavy atom. The largest absolute Gasteiger partial charge is 0.631 e. The van der Waals surface area contributed by atoms with Crippen molar-refractivity contribution in [1.82, 2.24) is 0 Å². The Labute approximate surface area is 125 Å². The molecule has 5 nitrogen and oxygen atoms in total. The maximum absolute atomic E-state index is 12.5. The molecule has 7 heteroatoms. The first-order valence-corrected chi connectivity index (χ1v) is 6.19. The molecule has 0 radical (unpaired) electrons. The average Bonchev–Trinajstić information content (AvgIpc) is 2.27. The third kappa shape index (κ3) is 12.2. The van der Waals surface area contributed by atoms with Gasteiger partial charge in [0, 0.05) is 5.56 Å². The molecule has 0 fully saturated rings. The molecule has 5 N–H and O–H groups in total. The van der Waals surface area contributed by atoms with Crippen LogP contribution < -0.4 is 0 Å². The van der Waals surface area contributed by atoms with Gasteiger partial charge in [0.25, 0.3) is 0 Å². The van der Waals surface area contributed by atoms with E-state index in [0.29, 0.717) is 5.56 Å². The standard InChI is InChI=1S/C8H7F.C6H14O2.BH3O3/c1-2-7-5-3-4-6-8(7)9;1-5(2,7)6(3,4)8;2-1(3)4/h2-6H,1H2;7-8H,1-4H3;2-4H. The summed E-state index contributed by atoms with van der Waals surface area (Å²) in [5, 5.41) is 39.7. The van der Waals surface area contributed by atoms with Gasteiger partial charge in [-0.2, -0.15) is 0 Å². The van der Waals surface area contributed by atoms with Crippen LogP contribution in [0.25, 0.3) is 6.08 Å². The summed E-state index contributed by atoms with van der Waals surface area (Å²) >= 11 is 0. The molecular formula is C14H24BFO5. The molecule has 0 bridgehead atoms. The predicted octanol–water partition coefficient (Wildman–Crippen LogP) is 0.945. The van der Waals surface area contributed by atoms with Crippen molar-refractivity contribution in [2.75, 3.05) is 0 Å². The number of hydrogen-bond donors (Lipinski definition) is 5. The van der Waals surface area contributed by atoms with E-state index in [4.69, 9.17) is 25.3 Å². The van der Waals surface area contributed by atoms with Gasteiger partial charge < -0.3 is 25.3 Å². The van der Waals surface area contributed by atoms with Crippen LogP contribution in [0.2, 0.25) is 0 Å². The highest BCUT2D eigenvalue weighted by Gasteiger charge is 2.31. The third-order valence-corrected chi connectivity index (χ3v) is 2.62. The van der Waals surface area contributed by atoms with E-state index in [1.165, 1.54) is 12.1 Å². The monoisotopic (exact) mass is 302 g/mol. The summed E-state index contributed by atoms with van der Waals surface area (Å²) in [5.41, 5.74) is -1.46. The molecule has 0 aliphatic heterocycles. The second kappa shape index (κ2) is 9.65. The van der Waals surface area contributed by atoms with E-state index in [-0.39, 0.29) is 5.82 Å². The molecule has 0 amide bonds. The molecular weight excluding hydrogens is 278 g/mol. The first kappa shape index (κ1) is 22.0. The SMILES string of the molecule is C=Cc1ccccc1F.CC(C)(O)C(C)(C)O.OB(O)O. The summed E-state index contributed by atoms with van der Waals surface area (Å²) in [5.74, 6) is -0.215. The van der Waals surface area contributed by atoms with Gasteiger partial charge in [0.15, 0.2) is 0 Å². The van der Waals surface area contributed by atoms with Crippen molar-refractivity contribution < 1.29 is 29.7 Å². The lowest BCUT2D eigenvalue weighted by molar-refractivity contribution is -0.107. The van der Waals surface area contributed by atoms with Crippen LogP contribution in [0.3, 0.4) is 0 Å². The minimum atomic E-state index is -2.17. The van der Waals surface area contributed by atoms with Crippen molar-refractivity contribution in [3.8, 4) is 0 Å². The topological polar surface area (TPSA) is 101 Å². The minimum absolute atomic E-state index is 0.215. The van der Waals surface area contributed by atoms with Crippen LogP contribution in [0, 0.1) is 5.82 Å². The maximum atomic E-state index is 12.5. The highest BCUT2D eigenvalue weighted by molar-refractivity contribution is 6.30. The van der Waals surface area contributed by atoms with Gasteiger partial charge >= 0.3 is 7.32 Å². The molecule has 0 atom stereocenters. The van der Waals surface area contributed by atoms with Crippen LogP contribution in [0.5, 0.6) is 0 Å². The van der Waals surface area contributed by atoms with Crippen LogP contribution in [0.15, 0.2) is 30.8 Å². The number of rotatable bonds is 2. The lowest BCUT2D eigenvalue weighted by Gasteiger charge is -2.31. The summed E-state index contributed by atoms with van der Waals surface area (Å²) in [6.07, 6.45) is 1.50. The van der Waals surface area contributed by atoms with Gasteiger partial charge in [0.1, 0.15) is 5.82 Å². The number of halogens is 1. The Morgan fingerprint density at radius 2 is 1.33 bits per heavy atom. The quantitative estimate of drug-likeness (QED) is 0.524. The van der Waals surface area contributed by atoms with Crippen molar-refractivity contribution in [3.05, 3.63) is 42.2 Å². The van der Waals surface area contributed by atoms with E-state index in [2.05, 4.69) is 6.58 Å². The molecule has 0 unspecified atom stereocenters. The summed E-state index contributed by atoms with van der Waals surface area (Å²) in [6.45, 7) is 9.76. The number of hydrogen-bond acceptors (Lipinski definition) is 5. The highest BCUT2D eigenvalue weighted by atomic mass is 19.1. The minimum Gasteiger partial charge on any atom is -0.402 e. The van der Waals surface area contributed by atoms with Gasteiger partial charge in [0.05, 0.1) is 11.2 Å². The zero-order valence-electron chi connectivity index (χ0n) is 12.8. The number of aliphatic hydroxyl groups is 2. The molecule has 21 heavy (non-hydrogen) atoms. The van der Waals surface area contributed by atoms with E-state index in [9.17, 15) is 4.39 Å². The van der Waals surface area contributed by atoms with Crippen molar-refractivity contribution in [2.24, 2.45) is 0 Å². The van der Waals surface area contributed by atoms with Crippen LogP contribution in [0.4, 0.5) is 4.39 Å². The Hall–Kier alpha value is -1.25. The first-order chi connectivity index (χ1) is 9.32. The van der Waals surface area contributed by atoms with Crippen LogP contribution in [0.1, 0.15) is 33.3 Å². The van der Waals surface area contributed by atoms with E-state index < -0.39 is 18.5 Å². The fourth-order valence-corrected chi connectivity index (χ4v) is 0.641. The van der Waals surface area contributed by atoms with E-state index in [1.54, 1.807) is 45.9 Å². The second-order valence-electron chi connectivity index (χ2n) is 5.19. The Balaban J connectivity index is 0. The Morgan fingerprint density at radius 1 is 1.00 bits per heavy atom.